The molecule has 8 heteroatoms. The molecule has 154 valence electrons. The number of thiazole rings is 1. The molecule has 1 aliphatic rings. The minimum Gasteiger partial charge on any atom is -0.357 e. The summed E-state index contributed by atoms with van der Waals surface area (Å²) in [6, 6.07) is 0.274. The molecule has 0 radical (unpaired) electrons. The lowest BCUT2D eigenvalue weighted by molar-refractivity contribution is -0.129. The Labute approximate surface area is 184 Å². The summed E-state index contributed by atoms with van der Waals surface area (Å²) in [5.74, 6) is 1.06. The van der Waals surface area contributed by atoms with Gasteiger partial charge in [-0.2, -0.15) is 0 Å². The summed E-state index contributed by atoms with van der Waals surface area (Å²) in [5.41, 5.74) is 1.25. The molecule has 0 bridgehead atoms. The van der Waals surface area contributed by atoms with Crippen molar-refractivity contribution >= 4 is 47.2 Å². The Morgan fingerprint density at radius 2 is 2.15 bits per heavy atom. The van der Waals surface area contributed by atoms with Crippen molar-refractivity contribution in [1.82, 2.24) is 20.5 Å². The predicted octanol–water partition coefficient (Wildman–Crippen LogP) is 3.17. The third kappa shape index (κ3) is 7.56. The van der Waals surface area contributed by atoms with Crippen LogP contribution in [-0.2, 0) is 16.6 Å². The second-order valence-electron chi connectivity index (χ2n) is 7.71. The first kappa shape index (κ1) is 24.1. The fourth-order valence-electron chi connectivity index (χ4n) is 2.88. The monoisotopic (exact) mass is 507 g/mol. The van der Waals surface area contributed by atoms with Crippen LogP contribution in [0.3, 0.4) is 0 Å². The molecule has 2 rings (SSSR count). The Morgan fingerprint density at radius 3 is 2.74 bits per heavy atom. The number of aromatic nitrogens is 1. The maximum Gasteiger partial charge on any atom is 0.222 e. The normalized spacial score (nSPS) is 17.6. The smallest absolute Gasteiger partial charge is 0.222 e. The van der Waals surface area contributed by atoms with Crippen LogP contribution in [0, 0.1) is 0 Å². The average Bonchev–Trinajstić information content (AvgIpc) is 3.23. The van der Waals surface area contributed by atoms with Crippen LogP contribution in [0.1, 0.15) is 58.2 Å². The second-order valence-corrected chi connectivity index (χ2v) is 8.65. The van der Waals surface area contributed by atoms with Crippen molar-refractivity contribution in [1.29, 1.82) is 0 Å². The van der Waals surface area contributed by atoms with Gasteiger partial charge >= 0.3 is 0 Å². The molecule has 1 fully saturated rings. The number of aliphatic imine (C=N–C) groups is 1. The highest BCUT2D eigenvalue weighted by Gasteiger charge is 2.25. The van der Waals surface area contributed by atoms with E-state index in [1.54, 1.807) is 11.3 Å². The Bertz CT molecular complexity index is 626. The number of nitrogens with zero attached hydrogens (tertiary/aromatic N) is 3. The number of likely N-dealkylation sites (tertiary alicyclic amines) is 1. The molecular formula is C19H34IN5OS. The number of nitrogens with one attached hydrogen (secondary N) is 2. The average molecular weight is 507 g/mol. The zero-order valence-corrected chi connectivity index (χ0v) is 20.3. The first-order chi connectivity index (χ1) is 12.3. The second kappa shape index (κ2) is 11.2. The Morgan fingerprint density at radius 1 is 1.41 bits per heavy atom. The van der Waals surface area contributed by atoms with Crippen LogP contribution in [0.15, 0.2) is 10.4 Å². The van der Waals surface area contributed by atoms with E-state index >= 15 is 0 Å². The minimum absolute atomic E-state index is 0. The first-order valence-electron chi connectivity index (χ1n) is 9.61. The zero-order chi connectivity index (χ0) is 19.2. The molecule has 2 heterocycles. The van der Waals surface area contributed by atoms with Gasteiger partial charge in [0, 0.05) is 55.9 Å². The standard InChI is InChI=1S/C19H33N5OS.HI/c1-6-17(25)24-11-9-14(12-24)22-18(20-7-2)21-10-8-16-23-15(13-26-16)19(3,4)5;/h13-14H,6-12H2,1-5H3,(H2,20,21,22);1H. The highest BCUT2D eigenvalue weighted by molar-refractivity contribution is 14.0. The summed E-state index contributed by atoms with van der Waals surface area (Å²) in [7, 11) is 0. The van der Waals surface area contributed by atoms with Crippen molar-refractivity contribution in [2.24, 2.45) is 4.99 Å². The van der Waals surface area contributed by atoms with Crippen LogP contribution < -0.4 is 10.6 Å². The molecule has 0 saturated carbocycles. The molecule has 27 heavy (non-hydrogen) atoms. The molecule has 1 atom stereocenters. The summed E-state index contributed by atoms with van der Waals surface area (Å²) < 4.78 is 0. The summed E-state index contributed by atoms with van der Waals surface area (Å²) in [6.45, 7) is 13.7. The minimum atomic E-state index is 0. The van der Waals surface area contributed by atoms with Crippen LogP contribution in [0.2, 0.25) is 0 Å². The van der Waals surface area contributed by atoms with Crippen LogP contribution in [-0.4, -0.2) is 54.0 Å². The topological polar surface area (TPSA) is 69.6 Å². The van der Waals surface area contributed by atoms with Crippen molar-refractivity contribution in [3.63, 3.8) is 0 Å². The van der Waals surface area contributed by atoms with E-state index in [0.717, 1.165) is 49.1 Å². The Balaban J connectivity index is 0.00000364. The van der Waals surface area contributed by atoms with E-state index < -0.39 is 0 Å². The van der Waals surface area contributed by atoms with Gasteiger partial charge in [0.05, 0.1) is 10.7 Å². The summed E-state index contributed by atoms with van der Waals surface area (Å²) >= 11 is 1.71. The third-order valence-corrected chi connectivity index (χ3v) is 5.35. The number of carbonyl (C=O) groups excluding carboxylic acids is 1. The van der Waals surface area contributed by atoms with Gasteiger partial charge in [-0.15, -0.1) is 35.3 Å². The molecule has 0 spiro atoms. The zero-order valence-electron chi connectivity index (χ0n) is 17.2. The lowest BCUT2D eigenvalue weighted by atomic mass is 9.93. The van der Waals surface area contributed by atoms with Crippen molar-refractivity contribution in [2.45, 2.75) is 65.3 Å². The van der Waals surface area contributed by atoms with Gasteiger partial charge in [0.25, 0.3) is 0 Å². The molecule has 6 nitrogen and oxygen atoms in total. The van der Waals surface area contributed by atoms with Gasteiger partial charge in [-0.25, -0.2) is 4.98 Å². The van der Waals surface area contributed by atoms with Crippen LogP contribution >= 0.6 is 35.3 Å². The fourth-order valence-corrected chi connectivity index (χ4v) is 3.89. The highest BCUT2D eigenvalue weighted by Crippen LogP contribution is 2.24. The van der Waals surface area contributed by atoms with Crippen molar-refractivity contribution in [2.75, 3.05) is 26.2 Å². The van der Waals surface area contributed by atoms with Crippen molar-refractivity contribution in [3.8, 4) is 0 Å². The van der Waals surface area contributed by atoms with Gasteiger partial charge in [0.15, 0.2) is 5.96 Å². The van der Waals surface area contributed by atoms with Gasteiger partial charge in [-0.05, 0) is 13.3 Å². The van der Waals surface area contributed by atoms with Crippen LogP contribution in [0.4, 0.5) is 0 Å². The summed E-state index contributed by atoms with van der Waals surface area (Å²) in [4.78, 5) is 23.2. The summed E-state index contributed by atoms with van der Waals surface area (Å²) in [6.07, 6.45) is 2.39. The molecule has 1 aromatic heterocycles. The van der Waals surface area contributed by atoms with E-state index in [4.69, 9.17) is 9.98 Å². The van der Waals surface area contributed by atoms with Crippen LogP contribution in [0.25, 0.3) is 0 Å². The van der Waals surface area contributed by atoms with E-state index in [0.29, 0.717) is 13.0 Å². The molecule has 2 N–H and O–H groups in total. The van der Waals surface area contributed by atoms with E-state index in [1.165, 1.54) is 0 Å². The van der Waals surface area contributed by atoms with E-state index in [1.807, 2.05) is 11.8 Å². The lowest BCUT2D eigenvalue weighted by Crippen LogP contribution is -2.45. The largest absolute Gasteiger partial charge is 0.357 e. The van der Waals surface area contributed by atoms with Gasteiger partial charge < -0.3 is 15.5 Å². The highest BCUT2D eigenvalue weighted by atomic mass is 127. The molecule has 1 aromatic rings. The number of carbonyl (C=O) groups is 1. The summed E-state index contributed by atoms with van der Waals surface area (Å²) in [5, 5.41) is 10.1. The number of hydrogen-bond acceptors (Lipinski definition) is 4. The number of rotatable bonds is 6. The van der Waals surface area contributed by atoms with Crippen molar-refractivity contribution in [3.05, 3.63) is 16.1 Å². The predicted molar refractivity (Wildman–Crippen MR) is 124 cm³/mol. The maximum absolute atomic E-state index is 11.8. The lowest BCUT2D eigenvalue weighted by Gasteiger charge is -2.18. The van der Waals surface area contributed by atoms with E-state index in [9.17, 15) is 4.79 Å². The SMILES string of the molecule is CCNC(=NCCc1nc(C(C)(C)C)cs1)NC1CCN(C(=O)CC)C1.I. The molecule has 0 aliphatic carbocycles. The fraction of sp³-hybridized carbons (Fsp3) is 0.737. The maximum atomic E-state index is 11.8. The number of guanidine groups is 1. The molecule has 1 aliphatic heterocycles. The Kier molecular flexibility index (Phi) is 10.0. The van der Waals surface area contributed by atoms with Gasteiger partial charge in [0.2, 0.25) is 5.91 Å². The molecule has 1 amide bonds. The third-order valence-electron chi connectivity index (χ3n) is 4.44. The molecule has 1 unspecified atom stereocenters. The first-order valence-corrected chi connectivity index (χ1v) is 10.5. The molecule has 1 saturated heterocycles. The van der Waals surface area contributed by atoms with Gasteiger partial charge in [-0.3, -0.25) is 9.79 Å². The number of amides is 1. The van der Waals surface area contributed by atoms with E-state index in [-0.39, 0.29) is 41.3 Å². The van der Waals surface area contributed by atoms with Crippen LogP contribution in [0.5, 0.6) is 0 Å². The van der Waals surface area contributed by atoms with E-state index in [2.05, 4.69) is 43.7 Å². The number of hydrogen-bond donors (Lipinski definition) is 2. The van der Waals surface area contributed by atoms with Crippen molar-refractivity contribution < 1.29 is 4.79 Å². The molecule has 0 aromatic carbocycles. The number of halogens is 1. The quantitative estimate of drug-likeness (QED) is 0.353. The van der Waals surface area contributed by atoms with Gasteiger partial charge in [-0.1, -0.05) is 27.7 Å². The Hall–Kier alpha value is -0.900. The molecular weight excluding hydrogens is 473 g/mol. The van der Waals surface area contributed by atoms with Gasteiger partial charge in [0.1, 0.15) is 0 Å².